The molecule has 0 unspecified atom stereocenters. The zero-order chi connectivity index (χ0) is 14.3. The highest BCUT2D eigenvalue weighted by Crippen LogP contribution is 2.47. The number of hydrogen-bond acceptors (Lipinski definition) is 3. The van der Waals surface area contributed by atoms with Gasteiger partial charge in [-0.25, -0.2) is 13.8 Å². The fourth-order valence-electron chi connectivity index (χ4n) is 2.24. The maximum Gasteiger partial charge on any atom is 0.258 e. The van der Waals surface area contributed by atoms with Gasteiger partial charge in [-0.05, 0) is 43.4 Å². The van der Waals surface area contributed by atoms with Gasteiger partial charge in [0.25, 0.3) is 5.56 Å². The lowest BCUT2D eigenvalue weighted by Gasteiger charge is -2.08. The minimum atomic E-state index is -1.60. The molecular weight excluding hydrogens is 266 g/mol. The fraction of sp³-hybridized carbons (Fsp3) is 0.429. The van der Waals surface area contributed by atoms with E-state index in [1.807, 2.05) is 0 Å². The number of alkyl halides is 1. The lowest BCUT2D eigenvalue weighted by atomic mass is 10.1. The Bertz CT molecular complexity index is 723. The maximum atomic E-state index is 14.0. The molecule has 0 spiro atoms. The summed E-state index contributed by atoms with van der Waals surface area (Å²) in [5.74, 6) is -0.718. The van der Waals surface area contributed by atoms with E-state index in [1.165, 1.54) is 6.07 Å². The molecule has 20 heavy (non-hydrogen) atoms. The third kappa shape index (κ3) is 2.20. The second-order valence-electron chi connectivity index (χ2n) is 5.18. The van der Waals surface area contributed by atoms with Crippen LogP contribution in [0.2, 0.25) is 0 Å². The van der Waals surface area contributed by atoms with Gasteiger partial charge in [-0.2, -0.15) is 0 Å². The van der Waals surface area contributed by atoms with Gasteiger partial charge in [-0.3, -0.25) is 4.79 Å². The second-order valence-corrected chi connectivity index (χ2v) is 5.18. The largest absolute Gasteiger partial charge is 0.396 e. The van der Waals surface area contributed by atoms with Crippen molar-refractivity contribution in [3.05, 3.63) is 39.7 Å². The summed E-state index contributed by atoms with van der Waals surface area (Å²) in [6, 6.07) is 2.83. The first-order valence-electron chi connectivity index (χ1n) is 6.56. The molecule has 106 valence electrons. The van der Waals surface area contributed by atoms with Gasteiger partial charge in [0.05, 0.1) is 5.39 Å². The van der Waals surface area contributed by atoms with Crippen LogP contribution in [0.1, 0.15) is 30.7 Å². The van der Waals surface area contributed by atoms with E-state index >= 15 is 0 Å². The van der Waals surface area contributed by atoms with Gasteiger partial charge in [0.15, 0.2) is 5.67 Å². The highest BCUT2D eigenvalue weighted by atomic mass is 19.1. The third-order valence-electron chi connectivity index (χ3n) is 3.56. The number of nitrogens with zero attached hydrogens (tertiary/aromatic N) is 1. The van der Waals surface area contributed by atoms with Crippen molar-refractivity contribution >= 4 is 10.9 Å². The average molecular weight is 280 g/mol. The van der Waals surface area contributed by atoms with E-state index in [9.17, 15) is 13.6 Å². The Kier molecular flexibility index (Phi) is 3.05. The first-order valence-corrected chi connectivity index (χ1v) is 6.56. The molecule has 2 N–H and O–H groups in total. The van der Waals surface area contributed by atoms with Crippen LogP contribution in [0.5, 0.6) is 0 Å². The van der Waals surface area contributed by atoms with Crippen LogP contribution in [-0.4, -0.2) is 21.7 Å². The number of halogens is 2. The van der Waals surface area contributed by atoms with E-state index in [4.69, 9.17) is 5.11 Å². The number of aliphatic hydroxyl groups is 1. The zero-order valence-electron chi connectivity index (χ0n) is 10.7. The van der Waals surface area contributed by atoms with Crippen LogP contribution in [0.3, 0.4) is 0 Å². The van der Waals surface area contributed by atoms with Crippen LogP contribution < -0.4 is 5.56 Å². The Morgan fingerprint density at radius 1 is 1.40 bits per heavy atom. The lowest BCUT2D eigenvalue weighted by molar-refractivity contribution is 0.288. The summed E-state index contributed by atoms with van der Waals surface area (Å²) in [6.07, 6.45) is 1.56. The highest BCUT2D eigenvalue weighted by Gasteiger charge is 2.47. The Balaban J connectivity index is 2.13. The van der Waals surface area contributed by atoms with Crippen molar-refractivity contribution in [3.63, 3.8) is 0 Å². The van der Waals surface area contributed by atoms with Crippen molar-refractivity contribution in [2.45, 2.75) is 31.4 Å². The number of hydrogen-bond donors (Lipinski definition) is 2. The van der Waals surface area contributed by atoms with Gasteiger partial charge in [0.1, 0.15) is 17.2 Å². The summed E-state index contributed by atoms with van der Waals surface area (Å²) < 4.78 is 28.0. The summed E-state index contributed by atoms with van der Waals surface area (Å²) >= 11 is 0. The van der Waals surface area contributed by atoms with Gasteiger partial charge in [0.2, 0.25) is 0 Å². The molecule has 1 fully saturated rings. The Morgan fingerprint density at radius 3 is 2.80 bits per heavy atom. The van der Waals surface area contributed by atoms with Crippen molar-refractivity contribution < 1.29 is 13.9 Å². The maximum absolute atomic E-state index is 14.0. The summed E-state index contributed by atoms with van der Waals surface area (Å²) in [5.41, 5.74) is -1.61. The van der Waals surface area contributed by atoms with Crippen molar-refractivity contribution in [2.24, 2.45) is 0 Å². The summed E-state index contributed by atoms with van der Waals surface area (Å²) in [5, 5.41) is 8.90. The number of aromatic nitrogens is 2. The monoisotopic (exact) mass is 280 g/mol. The third-order valence-corrected chi connectivity index (χ3v) is 3.56. The number of aryl methyl sites for hydroxylation is 1. The normalized spacial score (nSPS) is 16.6. The van der Waals surface area contributed by atoms with Crippen molar-refractivity contribution in [2.75, 3.05) is 6.61 Å². The van der Waals surface area contributed by atoms with Crippen LogP contribution in [0.15, 0.2) is 16.9 Å². The Morgan fingerprint density at radius 2 is 2.15 bits per heavy atom. The summed E-state index contributed by atoms with van der Waals surface area (Å²) in [4.78, 5) is 18.3. The van der Waals surface area contributed by atoms with Gasteiger partial charge < -0.3 is 10.1 Å². The molecule has 1 saturated carbocycles. The van der Waals surface area contributed by atoms with Gasteiger partial charge in [-0.15, -0.1) is 0 Å². The predicted octanol–water partition coefficient (Wildman–Crippen LogP) is 1.95. The number of nitrogens with one attached hydrogen (secondary N) is 1. The zero-order valence-corrected chi connectivity index (χ0v) is 10.7. The molecule has 0 saturated heterocycles. The minimum Gasteiger partial charge on any atom is -0.396 e. The number of benzene rings is 1. The Labute approximate surface area is 113 Å². The molecule has 1 aromatic heterocycles. The van der Waals surface area contributed by atoms with Gasteiger partial charge in [-0.1, -0.05) is 0 Å². The van der Waals surface area contributed by atoms with E-state index in [-0.39, 0.29) is 23.3 Å². The topological polar surface area (TPSA) is 66.0 Å². The average Bonchev–Trinajstić information content (AvgIpc) is 3.16. The standard InChI is InChI=1S/C14H14F2N2O2/c15-10-7-8(2-1-5-19)6-9-11(10)17-13(18-12(9)20)14(16)3-4-14/h6-7,19H,1-5H2,(H,17,18,20). The molecule has 6 heteroatoms. The molecule has 0 atom stereocenters. The quantitative estimate of drug-likeness (QED) is 0.899. The van der Waals surface area contributed by atoms with Crippen LogP contribution in [0.25, 0.3) is 10.9 Å². The van der Waals surface area contributed by atoms with Crippen molar-refractivity contribution in [1.29, 1.82) is 0 Å². The van der Waals surface area contributed by atoms with Crippen molar-refractivity contribution in [3.8, 4) is 0 Å². The van der Waals surface area contributed by atoms with Gasteiger partial charge in [0, 0.05) is 6.61 Å². The highest BCUT2D eigenvalue weighted by molar-refractivity contribution is 5.79. The van der Waals surface area contributed by atoms with E-state index in [0.29, 0.717) is 31.2 Å². The van der Waals surface area contributed by atoms with Crippen LogP contribution in [0, 0.1) is 5.82 Å². The summed E-state index contributed by atoms with van der Waals surface area (Å²) in [7, 11) is 0. The molecule has 1 aliphatic rings. The predicted molar refractivity (Wildman–Crippen MR) is 69.7 cm³/mol. The second kappa shape index (κ2) is 4.63. The first-order chi connectivity index (χ1) is 9.53. The SMILES string of the molecule is O=c1[nH]c(C2(F)CC2)nc2c(F)cc(CCCO)cc12. The van der Waals surface area contributed by atoms with Crippen LogP contribution in [0.4, 0.5) is 8.78 Å². The van der Waals surface area contributed by atoms with E-state index in [0.717, 1.165) is 0 Å². The van der Waals surface area contributed by atoms with Crippen molar-refractivity contribution in [1.82, 2.24) is 9.97 Å². The summed E-state index contributed by atoms with van der Waals surface area (Å²) in [6.45, 7) is -0.00241. The molecule has 0 bridgehead atoms. The number of fused-ring (bicyclic) bond motifs is 1. The fourth-order valence-corrected chi connectivity index (χ4v) is 2.24. The molecule has 1 aromatic carbocycles. The number of rotatable bonds is 4. The van der Waals surface area contributed by atoms with Crippen LogP contribution >= 0.6 is 0 Å². The minimum absolute atomic E-state index is 0.00241. The van der Waals surface area contributed by atoms with Gasteiger partial charge >= 0.3 is 0 Å². The molecule has 1 heterocycles. The molecule has 2 aromatic rings. The van der Waals surface area contributed by atoms with E-state index in [1.54, 1.807) is 6.07 Å². The van der Waals surface area contributed by atoms with E-state index < -0.39 is 17.0 Å². The molecule has 4 nitrogen and oxygen atoms in total. The molecular formula is C14H14F2N2O2. The smallest absolute Gasteiger partial charge is 0.258 e. The molecule has 3 rings (SSSR count). The number of aromatic amines is 1. The molecule has 1 aliphatic carbocycles. The number of aliphatic hydroxyl groups excluding tert-OH is 1. The Hall–Kier alpha value is -1.82. The lowest BCUT2D eigenvalue weighted by Crippen LogP contribution is -2.17. The molecule has 0 amide bonds. The van der Waals surface area contributed by atoms with E-state index in [2.05, 4.69) is 9.97 Å². The molecule has 0 radical (unpaired) electrons. The first kappa shape index (κ1) is 13.2. The van der Waals surface area contributed by atoms with Crippen LogP contribution in [-0.2, 0) is 12.1 Å². The molecule has 0 aliphatic heterocycles. The number of H-pyrrole nitrogens is 1.